The summed E-state index contributed by atoms with van der Waals surface area (Å²) in [4.78, 5) is 16.2. The van der Waals surface area contributed by atoms with Gasteiger partial charge in [-0.25, -0.2) is 0 Å². The summed E-state index contributed by atoms with van der Waals surface area (Å²) in [5.74, 6) is 1.31. The van der Waals surface area contributed by atoms with E-state index in [4.69, 9.17) is 4.18 Å². The van der Waals surface area contributed by atoms with Crippen LogP contribution in [0.1, 0.15) is 51.7 Å². The highest BCUT2D eigenvalue weighted by Crippen LogP contribution is 2.36. The molecule has 0 aliphatic carbocycles. The lowest BCUT2D eigenvalue weighted by Crippen LogP contribution is -2.31. The smallest absolute Gasteiger partial charge is 0.219 e. The van der Waals surface area contributed by atoms with E-state index in [1.165, 1.54) is 22.4 Å². The Labute approximate surface area is 186 Å². The Morgan fingerprint density at radius 2 is 2.03 bits per heavy atom. The van der Waals surface area contributed by atoms with Gasteiger partial charge in [-0.15, -0.1) is 0 Å². The van der Waals surface area contributed by atoms with Crippen molar-refractivity contribution in [2.24, 2.45) is 5.92 Å². The lowest BCUT2D eigenvalue weighted by atomic mass is 9.92. The van der Waals surface area contributed by atoms with Crippen molar-refractivity contribution < 1.29 is 8.98 Å². The predicted molar refractivity (Wildman–Crippen MR) is 127 cm³/mol. The molecule has 2 heterocycles. The molecule has 0 spiro atoms. The first kappa shape index (κ1) is 22.3. The summed E-state index contributed by atoms with van der Waals surface area (Å²) in [5, 5.41) is 0. The molecule has 0 aromatic heterocycles. The number of carbonyl (C=O) groups is 1. The fraction of sp³-hybridized carbons (Fsp3) is 0.400. The predicted octanol–water partition coefficient (Wildman–Crippen LogP) is 5.89. The number of amides is 1. The molecule has 2 unspecified atom stereocenters. The molecule has 4 nitrogen and oxygen atoms in total. The van der Waals surface area contributed by atoms with Crippen molar-refractivity contribution in [3.63, 3.8) is 0 Å². The van der Waals surface area contributed by atoms with Crippen LogP contribution in [0.15, 0.2) is 60.1 Å². The number of aryl methyl sites for hydroxylation is 1. The van der Waals surface area contributed by atoms with Crippen molar-refractivity contribution in [1.82, 2.24) is 9.80 Å². The molecule has 5 heteroatoms. The monoisotopic (exact) mass is 424 g/mol. The van der Waals surface area contributed by atoms with Gasteiger partial charge in [0.05, 0.1) is 0 Å². The van der Waals surface area contributed by atoms with Gasteiger partial charge in [0.1, 0.15) is 5.75 Å². The molecular formula is C25H32N2O2S. The van der Waals surface area contributed by atoms with Crippen LogP contribution in [-0.2, 0) is 4.79 Å². The summed E-state index contributed by atoms with van der Waals surface area (Å²) in [6, 6.07) is 6.32. The summed E-state index contributed by atoms with van der Waals surface area (Å²) in [6.07, 6.45) is 8.24. The Kier molecular flexibility index (Phi) is 6.81. The van der Waals surface area contributed by atoms with E-state index in [0.717, 1.165) is 36.4 Å². The Balaban J connectivity index is 2.00. The molecule has 1 amide bonds. The normalized spacial score (nSPS) is 22.2. The SMILES string of the molecule is C=C1C=C(C)C=CN1/C(CC1CC(C)N(C(C)=O)C1)=C(\C)c1ccc(OS)cc1C. The largest absolute Gasteiger partial charge is 0.429 e. The van der Waals surface area contributed by atoms with Crippen LogP contribution in [-0.4, -0.2) is 28.3 Å². The molecule has 2 atom stereocenters. The van der Waals surface area contributed by atoms with Crippen LogP contribution in [0.25, 0.3) is 5.57 Å². The van der Waals surface area contributed by atoms with Crippen LogP contribution in [0.3, 0.4) is 0 Å². The molecule has 1 saturated heterocycles. The topological polar surface area (TPSA) is 32.8 Å². The number of rotatable bonds is 5. The van der Waals surface area contributed by atoms with Gasteiger partial charge in [0, 0.05) is 50.0 Å². The Morgan fingerprint density at radius 1 is 1.30 bits per heavy atom. The molecule has 0 bridgehead atoms. The minimum Gasteiger partial charge on any atom is -0.429 e. The molecule has 0 N–H and O–H groups in total. The summed E-state index contributed by atoms with van der Waals surface area (Å²) in [6.45, 7) is 15.3. The molecular weight excluding hydrogens is 392 g/mol. The van der Waals surface area contributed by atoms with Crippen LogP contribution in [0, 0.1) is 12.8 Å². The van der Waals surface area contributed by atoms with Crippen molar-refractivity contribution in [2.45, 2.75) is 53.5 Å². The average molecular weight is 425 g/mol. The van der Waals surface area contributed by atoms with Gasteiger partial charge < -0.3 is 14.0 Å². The van der Waals surface area contributed by atoms with E-state index in [1.54, 1.807) is 6.92 Å². The number of benzene rings is 1. The molecule has 0 radical (unpaired) electrons. The van der Waals surface area contributed by atoms with Crippen LogP contribution < -0.4 is 4.18 Å². The zero-order valence-electron chi connectivity index (χ0n) is 18.6. The van der Waals surface area contributed by atoms with E-state index in [0.29, 0.717) is 5.92 Å². The number of nitrogens with zero attached hydrogens (tertiary/aromatic N) is 2. The summed E-state index contributed by atoms with van der Waals surface area (Å²) in [5.41, 5.74) is 6.92. The molecule has 1 aromatic rings. The fourth-order valence-corrected chi connectivity index (χ4v) is 4.75. The highest BCUT2D eigenvalue weighted by Gasteiger charge is 2.32. The number of carbonyl (C=O) groups excluding carboxylic acids is 1. The van der Waals surface area contributed by atoms with Gasteiger partial charge in [-0.2, -0.15) is 0 Å². The zero-order valence-corrected chi connectivity index (χ0v) is 19.5. The molecule has 30 heavy (non-hydrogen) atoms. The van der Waals surface area contributed by atoms with Crippen molar-refractivity contribution >= 4 is 24.4 Å². The average Bonchev–Trinajstić information content (AvgIpc) is 3.06. The third-order valence-corrected chi connectivity index (χ3v) is 6.38. The van der Waals surface area contributed by atoms with E-state index in [9.17, 15) is 4.79 Å². The van der Waals surface area contributed by atoms with Gasteiger partial charge >= 0.3 is 0 Å². The van der Waals surface area contributed by atoms with Crippen molar-refractivity contribution in [1.29, 1.82) is 0 Å². The second-order valence-corrected chi connectivity index (χ2v) is 8.71. The van der Waals surface area contributed by atoms with E-state index >= 15 is 0 Å². The Morgan fingerprint density at radius 3 is 2.60 bits per heavy atom. The highest BCUT2D eigenvalue weighted by molar-refractivity contribution is 7.75. The van der Waals surface area contributed by atoms with Gasteiger partial charge in [0.25, 0.3) is 0 Å². The highest BCUT2D eigenvalue weighted by atomic mass is 32.1. The lowest BCUT2D eigenvalue weighted by Gasteiger charge is -2.31. The van der Waals surface area contributed by atoms with Gasteiger partial charge in [0.15, 0.2) is 0 Å². The fourth-order valence-electron chi connectivity index (χ4n) is 4.64. The van der Waals surface area contributed by atoms with Crippen molar-refractivity contribution in [3.05, 3.63) is 71.2 Å². The first-order chi connectivity index (χ1) is 14.2. The number of likely N-dealkylation sites (tertiary alicyclic amines) is 1. The molecule has 2 aliphatic rings. The molecule has 1 fully saturated rings. The lowest BCUT2D eigenvalue weighted by molar-refractivity contribution is -0.129. The van der Waals surface area contributed by atoms with E-state index < -0.39 is 0 Å². The van der Waals surface area contributed by atoms with E-state index in [1.807, 2.05) is 17.0 Å². The number of allylic oxidation sites excluding steroid dienone is 5. The third kappa shape index (κ3) is 4.67. The van der Waals surface area contributed by atoms with Crippen molar-refractivity contribution in [3.8, 4) is 5.75 Å². The molecule has 0 saturated carbocycles. The second kappa shape index (κ2) is 9.17. The van der Waals surface area contributed by atoms with Crippen molar-refractivity contribution in [2.75, 3.05) is 6.54 Å². The summed E-state index contributed by atoms with van der Waals surface area (Å²) in [7, 11) is 0. The zero-order chi connectivity index (χ0) is 22.0. The van der Waals surface area contributed by atoms with Gasteiger partial charge in [0.2, 0.25) is 5.91 Å². The van der Waals surface area contributed by atoms with Crippen LogP contribution in [0.2, 0.25) is 0 Å². The number of hydrogen-bond donors (Lipinski definition) is 1. The first-order valence-electron chi connectivity index (χ1n) is 10.4. The standard InChI is InChI=1S/C25H32N2O2S/c1-16-9-10-26(18(3)11-16)25(14-22-13-19(4)27(15-22)21(6)28)20(5)24-8-7-23(29-30)12-17(24)2/h7-12,19,22,30H,3,13-15H2,1-2,4-6H3/b25-20+. The maximum Gasteiger partial charge on any atom is 0.219 e. The molecule has 160 valence electrons. The van der Waals surface area contributed by atoms with Gasteiger partial charge in [-0.3, -0.25) is 4.79 Å². The number of hydrogen-bond acceptors (Lipinski definition) is 4. The van der Waals surface area contributed by atoms with Crippen LogP contribution >= 0.6 is 12.9 Å². The van der Waals surface area contributed by atoms with E-state index in [2.05, 4.69) is 76.5 Å². The molecule has 1 aromatic carbocycles. The van der Waals surface area contributed by atoms with Gasteiger partial charge in [-0.05, 0) is 93.0 Å². The van der Waals surface area contributed by atoms with Crippen LogP contribution in [0.4, 0.5) is 0 Å². The summed E-state index contributed by atoms with van der Waals surface area (Å²) < 4.78 is 5.09. The first-order valence-corrected chi connectivity index (χ1v) is 10.8. The third-order valence-electron chi connectivity index (χ3n) is 6.17. The number of thiol groups is 1. The van der Waals surface area contributed by atoms with Gasteiger partial charge in [-0.1, -0.05) is 12.6 Å². The minimum atomic E-state index is 0.159. The maximum absolute atomic E-state index is 12.0. The summed E-state index contributed by atoms with van der Waals surface area (Å²) >= 11 is 3.92. The Bertz CT molecular complexity index is 944. The Hall–Kier alpha value is -2.40. The minimum absolute atomic E-state index is 0.159. The van der Waals surface area contributed by atoms with E-state index in [-0.39, 0.29) is 11.9 Å². The molecule has 3 rings (SSSR count). The molecule has 2 aliphatic heterocycles. The van der Waals surface area contributed by atoms with Crippen LogP contribution in [0.5, 0.6) is 5.75 Å². The maximum atomic E-state index is 12.0. The quantitative estimate of drug-likeness (QED) is 0.473. The second-order valence-electron chi connectivity index (χ2n) is 8.53.